The van der Waals surface area contributed by atoms with Crippen LogP contribution in [0.4, 0.5) is 8.78 Å². The molecule has 3 aromatic carbocycles. The van der Waals surface area contributed by atoms with Crippen LogP contribution in [0, 0.1) is 11.6 Å². The van der Waals surface area contributed by atoms with E-state index in [-0.39, 0.29) is 23.6 Å². The average molecular weight is 461 g/mol. The standard InChI is InChI=1S/C27H26F2N4O/c28-20-9-5-18(6-10-20)25(19-7-11-21(29)12-8-19)32-13-15-33(16-14-32)26(27(30)34)23-17-31-24-4-2-1-3-22(23)24/h1-12,17,25-26,31H,13-16H2,(H2,30,34). The predicted octanol–water partition coefficient (Wildman–Crippen LogP) is 4.38. The van der Waals surface area contributed by atoms with Crippen molar-refractivity contribution in [3.63, 3.8) is 0 Å². The highest BCUT2D eigenvalue weighted by atomic mass is 19.1. The van der Waals surface area contributed by atoms with Gasteiger partial charge in [0.2, 0.25) is 5.91 Å². The van der Waals surface area contributed by atoms with Gasteiger partial charge in [-0.05, 0) is 41.5 Å². The molecule has 1 aliphatic rings. The first-order valence-electron chi connectivity index (χ1n) is 11.4. The molecule has 34 heavy (non-hydrogen) atoms. The van der Waals surface area contributed by atoms with E-state index in [1.54, 1.807) is 24.3 Å². The second-order valence-electron chi connectivity index (χ2n) is 8.67. The van der Waals surface area contributed by atoms with Gasteiger partial charge in [0, 0.05) is 48.8 Å². The first kappa shape index (κ1) is 22.3. The van der Waals surface area contributed by atoms with E-state index in [1.165, 1.54) is 24.3 Å². The SMILES string of the molecule is NC(=O)C(c1c[nH]c2ccccc12)N1CCN(C(c2ccc(F)cc2)c2ccc(F)cc2)CC1. The van der Waals surface area contributed by atoms with E-state index in [9.17, 15) is 13.6 Å². The highest BCUT2D eigenvalue weighted by Crippen LogP contribution is 2.33. The molecule has 1 amide bonds. The molecule has 0 radical (unpaired) electrons. The minimum absolute atomic E-state index is 0.150. The molecule has 5 nitrogen and oxygen atoms in total. The summed E-state index contributed by atoms with van der Waals surface area (Å²) in [5.41, 5.74) is 9.59. The van der Waals surface area contributed by atoms with Gasteiger partial charge in [-0.25, -0.2) is 8.78 Å². The number of rotatable bonds is 6. The van der Waals surface area contributed by atoms with E-state index in [0.717, 1.165) is 27.6 Å². The maximum atomic E-state index is 13.6. The van der Waals surface area contributed by atoms with Crippen molar-refractivity contribution in [3.8, 4) is 0 Å². The van der Waals surface area contributed by atoms with E-state index in [4.69, 9.17) is 5.73 Å². The number of para-hydroxylation sites is 1. The second kappa shape index (κ2) is 9.37. The number of hydrogen-bond donors (Lipinski definition) is 2. The lowest BCUT2D eigenvalue weighted by molar-refractivity contribution is -0.124. The number of H-pyrrole nitrogens is 1. The smallest absolute Gasteiger partial charge is 0.239 e. The predicted molar refractivity (Wildman–Crippen MR) is 128 cm³/mol. The lowest BCUT2D eigenvalue weighted by Gasteiger charge is -2.41. The van der Waals surface area contributed by atoms with Gasteiger partial charge in [0.15, 0.2) is 0 Å². The van der Waals surface area contributed by atoms with Gasteiger partial charge in [-0.1, -0.05) is 42.5 Å². The summed E-state index contributed by atoms with van der Waals surface area (Å²) in [6, 6.07) is 20.1. The van der Waals surface area contributed by atoms with Gasteiger partial charge in [0.1, 0.15) is 17.7 Å². The zero-order valence-corrected chi connectivity index (χ0v) is 18.6. The fourth-order valence-electron chi connectivity index (χ4n) is 5.01. The zero-order chi connectivity index (χ0) is 23.7. The molecular formula is C27H26F2N4O. The normalized spacial score (nSPS) is 16.2. The van der Waals surface area contributed by atoms with Crippen LogP contribution in [0.1, 0.15) is 28.8 Å². The molecule has 1 saturated heterocycles. The first-order valence-corrected chi connectivity index (χ1v) is 11.4. The third-order valence-electron chi connectivity index (χ3n) is 6.64. The molecule has 1 fully saturated rings. The number of nitrogens with zero attached hydrogens (tertiary/aromatic N) is 2. The van der Waals surface area contributed by atoms with Crippen molar-refractivity contribution < 1.29 is 13.6 Å². The minimum atomic E-state index is -0.534. The van der Waals surface area contributed by atoms with Crippen molar-refractivity contribution in [2.45, 2.75) is 12.1 Å². The Bertz CT molecular complexity index is 1230. The van der Waals surface area contributed by atoms with E-state index < -0.39 is 6.04 Å². The third-order valence-corrected chi connectivity index (χ3v) is 6.64. The number of carbonyl (C=O) groups excluding carboxylic acids is 1. The fraction of sp³-hybridized carbons (Fsp3) is 0.222. The molecule has 4 aromatic rings. The number of fused-ring (bicyclic) bond motifs is 1. The van der Waals surface area contributed by atoms with Gasteiger partial charge in [-0.3, -0.25) is 14.6 Å². The highest BCUT2D eigenvalue weighted by Gasteiger charge is 2.33. The largest absolute Gasteiger partial charge is 0.368 e. The van der Waals surface area contributed by atoms with E-state index in [0.29, 0.717) is 26.2 Å². The summed E-state index contributed by atoms with van der Waals surface area (Å²) in [7, 11) is 0. The molecule has 1 aliphatic heterocycles. The number of aromatic nitrogens is 1. The Morgan fingerprint density at radius 2 is 1.32 bits per heavy atom. The Morgan fingerprint density at radius 1 is 0.794 bits per heavy atom. The summed E-state index contributed by atoms with van der Waals surface area (Å²) >= 11 is 0. The summed E-state index contributed by atoms with van der Waals surface area (Å²) in [5, 5.41) is 0.990. The highest BCUT2D eigenvalue weighted by molar-refractivity contribution is 5.91. The Balaban J connectivity index is 1.40. The Morgan fingerprint density at radius 3 is 1.88 bits per heavy atom. The zero-order valence-electron chi connectivity index (χ0n) is 18.6. The molecule has 2 heterocycles. The number of primary amides is 1. The number of carbonyl (C=O) groups is 1. The summed E-state index contributed by atoms with van der Waals surface area (Å²) < 4.78 is 27.2. The summed E-state index contributed by atoms with van der Waals surface area (Å²) in [5.74, 6) is -0.976. The van der Waals surface area contributed by atoms with Crippen molar-refractivity contribution in [3.05, 3.63) is 107 Å². The summed E-state index contributed by atoms with van der Waals surface area (Å²) in [6.07, 6.45) is 1.87. The van der Waals surface area contributed by atoms with E-state index >= 15 is 0 Å². The van der Waals surface area contributed by atoms with Crippen molar-refractivity contribution in [2.24, 2.45) is 5.73 Å². The lowest BCUT2D eigenvalue weighted by atomic mass is 9.95. The van der Waals surface area contributed by atoms with Crippen LogP contribution in [0.3, 0.4) is 0 Å². The van der Waals surface area contributed by atoms with Crippen LogP contribution in [0.5, 0.6) is 0 Å². The second-order valence-corrected chi connectivity index (χ2v) is 8.67. The van der Waals surface area contributed by atoms with Crippen LogP contribution in [0.15, 0.2) is 79.0 Å². The van der Waals surface area contributed by atoms with Crippen LogP contribution < -0.4 is 5.73 Å². The topological polar surface area (TPSA) is 65.4 Å². The van der Waals surface area contributed by atoms with Crippen molar-refractivity contribution in [2.75, 3.05) is 26.2 Å². The molecule has 0 bridgehead atoms. The van der Waals surface area contributed by atoms with Gasteiger partial charge in [0.05, 0.1) is 6.04 Å². The molecule has 5 rings (SSSR count). The monoisotopic (exact) mass is 460 g/mol. The molecule has 7 heteroatoms. The number of aromatic amines is 1. The van der Waals surface area contributed by atoms with E-state index in [1.807, 2.05) is 30.5 Å². The van der Waals surface area contributed by atoms with Gasteiger partial charge >= 0.3 is 0 Å². The van der Waals surface area contributed by atoms with Gasteiger partial charge in [0.25, 0.3) is 0 Å². The van der Waals surface area contributed by atoms with Gasteiger partial charge < -0.3 is 10.7 Å². The van der Waals surface area contributed by atoms with Crippen LogP contribution in [0.25, 0.3) is 10.9 Å². The molecule has 0 spiro atoms. The Kier molecular flexibility index (Phi) is 6.13. The average Bonchev–Trinajstić information content (AvgIpc) is 3.26. The fourth-order valence-corrected chi connectivity index (χ4v) is 5.01. The van der Waals surface area contributed by atoms with Crippen molar-refractivity contribution in [1.29, 1.82) is 0 Å². The third kappa shape index (κ3) is 4.32. The van der Waals surface area contributed by atoms with Crippen LogP contribution >= 0.6 is 0 Å². The lowest BCUT2D eigenvalue weighted by Crippen LogP contribution is -2.51. The molecule has 1 unspecified atom stereocenters. The number of nitrogens with one attached hydrogen (secondary N) is 1. The number of piperazine rings is 1. The first-order chi connectivity index (χ1) is 16.5. The molecule has 1 atom stereocenters. The molecule has 0 aliphatic carbocycles. The van der Waals surface area contributed by atoms with Gasteiger partial charge in [-0.2, -0.15) is 0 Å². The van der Waals surface area contributed by atoms with Crippen LogP contribution in [0.2, 0.25) is 0 Å². The maximum Gasteiger partial charge on any atom is 0.239 e. The van der Waals surface area contributed by atoms with E-state index in [2.05, 4.69) is 14.8 Å². The summed E-state index contributed by atoms with van der Waals surface area (Å²) in [6.45, 7) is 2.61. The molecule has 3 N–H and O–H groups in total. The molecule has 0 saturated carbocycles. The molecular weight excluding hydrogens is 434 g/mol. The quantitative estimate of drug-likeness (QED) is 0.449. The van der Waals surface area contributed by atoms with Crippen molar-refractivity contribution in [1.82, 2.24) is 14.8 Å². The number of benzene rings is 3. The number of nitrogens with two attached hydrogens (primary N) is 1. The van der Waals surface area contributed by atoms with Crippen molar-refractivity contribution >= 4 is 16.8 Å². The Labute approximate surface area is 196 Å². The Hall–Kier alpha value is -3.55. The number of halogens is 2. The number of amides is 1. The number of hydrogen-bond acceptors (Lipinski definition) is 3. The van der Waals surface area contributed by atoms with Gasteiger partial charge in [-0.15, -0.1) is 0 Å². The molecule has 1 aromatic heterocycles. The maximum absolute atomic E-state index is 13.6. The van der Waals surface area contributed by atoms with Crippen LogP contribution in [-0.4, -0.2) is 46.9 Å². The minimum Gasteiger partial charge on any atom is -0.368 e. The van der Waals surface area contributed by atoms with Crippen LogP contribution in [-0.2, 0) is 4.79 Å². The summed E-state index contributed by atoms with van der Waals surface area (Å²) in [4.78, 5) is 20.2. The molecule has 174 valence electrons.